The van der Waals surface area contributed by atoms with Crippen LogP contribution in [0, 0.1) is 13.8 Å². The van der Waals surface area contributed by atoms with Crippen molar-refractivity contribution in [1.82, 2.24) is 0 Å². The van der Waals surface area contributed by atoms with Gasteiger partial charge < -0.3 is 9.84 Å². The van der Waals surface area contributed by atoms with E-state index in [0.717, 1.165) is 22.3 Å². The molecule has 0 radical (unpaired) electrons. The molecule has 25 heavy (non-hydrogen) atoms. The van der Waals surface area contributed by atoms with Gasteiger partial charge in [0.2, 0.25) is 0 Å². The molecule has 128 valence electrons. The summed E-state index contributed by atoms with van der Waals surface area (Å²) in [6.45, 7) is 8.32. The number of benzene rings is 1. The lowest BCUT2D eigenvalue weighted by molar-refractivity contribution is 0.0731. The topological polar surface area (TPSA) is 46.5 Å². The number of fused-ring (bicyclic) bond motifs is 1. The minimum absolute atomic E-state index is 0.0483. The summed E-state index contributed by atoms with van der Waals surface area (Å²) in [7, 11) is 0. The number of hydrogen-bond donors (Lipinski definition) is 1. The van der Waals surface area contributed by atoms with E-state index >= 15 is 0 Å². The Labute approximate surface area is 148 Å². The number of aryl methyl sites for hydroxylation is 2. The molecule has 0 amide bonds. The molecular weight excluding hydrogens is 312 g/mol. The van der Waals surface area contributed by atoms with Crippen LogP contribution in [0.5, 0.6) is 11.5 Å². The van der Waals surface area contributed by atoms with Crippen molar-refractivity contribution in [3.05, 3.63) is 70.8 Å². The van der Waals surface area contributed by atoms with Crippen molar-refractivity contribution < 1.29 is 14.6 Å². The van der Waals surface area contributed by atoms with E-state index in [1.807, 2.05) is 26.0 Å². The van der Waals surface area contributed by atoms with E-state index in [1.54, 1.807) is 18.2 Å². The summed E-state index contributed by atoms with van der Waals surface area (Å²) in [5.41, 5.74) is 5.80. The van der Waals surface area contributed by atoms with E-state index in [0.29, 0.717) is 11.5 Å². The van der Waals surface area contributed by atoms with Gasteiger partial charge in [-0.05, 0) is 65.8 Å². The molecule has 3 heteroatoms. The van der Waals surface area contributed by atoms with Gasteiger partial charge in [0, 0.05) is 0 Å². The van der Waals surface area contributed by atoms with Crippen molar-refractivity contribution in [3.63, 3.8) is 0 Å². The van der Waals surface area contributed by atoms with Gasteiger partial charge in [-0.15, -0.1) is 0 Å². The van der Waals surface area contributed by atoms with Crippen LogP contribution < -0.4 is 4.74 Å². The average molecular weight is 334 g/mol. The van der Waals surface area contributed by atoms with Gasteiger partial charge in [-0.25, -0.2) is 4.79 Å². The van der Waals surface area contributed by atoms with Crippen molar-refractivity contribution in [2.75, 3.05) is 0 Å². The molecule has 1 aromatic rings. The van der Waals surface area contributed by atoms with Gasteiger partial charge in [-0.2, -0.15) is 0 Å². The summed E-state index contributed by atoms with van der Waals surface area (Å²) in [6.07, 6.45) is 0. The largest absolute Gasteiger partial charge is 0.504 e. The highest BCUT2D eigenvalue weighted by atomic mass is 16.5. The first-order chi connectivity index (χ1) is 11.9. The maximum Gasteiger partial charge on any atom is 0.344 e. The second-order valence-corrected chi connectivity index (χ2v) is 6.70. The molecule has 3 rings (SSSR count). The highest BCUT2D eigenvalue weighted by molar-refractivity contribution is 6.02. The first kappa shape index (κ1) is 17.0. The number of carbonyl (C=O) groups is 1. The molecule has 0 atom stereocenters. The van der Waals surface area contributed by atoms with Crippen LogP contribution in [-0.2, 0) is 0 Å². The SMILES string of the molecule is Cc1cc(C(=O)Oc2ccccc2O)c2c(C)ccc(C(C)C)cc1-2. The lowest BCUT2D eigenvalue weighted by Gasteiger charge is -2.08. The number of hydrogen-bond acceptors (Lipinski definition) is 3. The molecule has 2 aliphatic carbocycles. The monoisotopic (exact) mass is 334 g/mol. The van der Waals surface area contributed by atoms with Crippen molar-refractivity contribution in [3.8, 4) is 22.6 Å². The maximum absolute atomic E-state index is 12.7. The number of carbonyl (C=O) groups excluding carboxylic acids is 1. The fraction of sp³-hybridized carbons (Fsp3) is 0.227. The Balaban J connectivity index is 2.07. The molecule has 0 aliphatic heterocycles. The molecule has 0 saturated heterocycles. The summed E-state index contributed by atoms with van der Waals surface area (Å²) in [6, 6.07) is 14.7. The third-order valence-electron chi connectivity index (χ3n) is 4.51. The molecule has 0 fully saturated rings. The number of phenols is 1. The molecule has 0 unspecified atom stereocenters. The van der Waals surface area contributed by atoms with Gasteiger partial charge in [0.25, 0.3) is 0 Å². The fourth-order valence-electron chi connectivity index (χ4n) is 3.06. The van der Waals surface area contributed by atoms with Crippen molar-refractivity contribution in [2.45, 2.75) is 33.6 Å². The predicted molar refractivity (Wildman–Crippen MR) is 99.7 cm³/mol. The van der Waals surface area contributed by atoms with Crippen molar-refractivity contribution in [2.24, 2.45) is 0 Å². The van der Waals surface area contributed by atoms with Crippen LogP contribution in [0.15, 0.2) is 48.5 Å². The summed E-state index contributed by atoms with van der Waals surface area (Å²) >= 11 is 0. The first-order valence-corrected chi connectivity index (χ1v) is 8.42. The van der Waals surface area contributed by atoms with Crippen molar-refractivity contribution >= 4 is 5.97 Å². The number of phenolic OH excluding ortho intramolecular Hbond substituents is 1. The van der Waals surface area contributed by atoms with Gasteiger partial charge in [0.15, 0.2) is 11.5 Å². The van der Waals surface area contributed by atoms with Crippen LogP contribution in [0.3, 0.4) is 0 Å². The van der Waals surface area contributed by atoms with Gasteiger partial charge in [-0.3, -0.25) is 0 Å². The molecule has 1 N–H and O–H groups in total. The summed E-state index contributed by atoms with van der Waals surface area (Å²) < 4.78 is 5.43. The van der Waals surface area contributed by atoms with E-state index in [2.05, 4.69) is 26.0 Å². The highest BCUT2D eigenvalue weighted by Gasteiger charge is 2.23. The van der Waals surface area contributed by atoms with Gasteiger partial charge >= 0.3 is 5.97 Å². The van der Waals surface area contributed by atoms with E-state index in [-0.39, 0.29) is 11.5 Å². The molecule has 0 saturated carbocycles. The van der Waals surface area contributed by atoms with E-state index in [9.17, 15) is 9.90 Å². The highest BCUT2D eigenvalue weighted by Crippen LogP contribution is 2.37. The first-order valence-electron chi connectivity index (χ1n) is 8.42. The predicted octanol–water partition coefficient (Wildman–Crippen LogP) is 5.46. The van der Waals surface area contributed by atoms with Crippen LogP contribution in [-0.4, -0.2) is 11.1 Å². The lowest BCUT2D eigenvalue weighted by Crippen LogP contribution is -2.08. The second-order valence-electron chi connectivity index (χ2n) is 6.70. The van der Waals surface area contributed by atoms with Gasteiger partial charge in [0.05, 0.1) is 5.56 Å². The van der Waals surface area contributed by atoms with Crippen molar-refractivity contribution in [1.29, 1.82) is 0 Å². The summed E-state index contributed by atoms with van der Waals surface area (Å²) in [5, 5.41) is 9.84. The zero-order valence-electron chi connectivity index (χ0n) is 15.0. The van der Waals surface area contributed by atoms with Crippen LogP contribution in [0.1, 0.15) is 46.8 Å². The molecular formula is C22H22O3. The molecule has 2 aliphatic rings. The lowest BCUT2D eigenvalue weighted by atomic mass is 10.0. The Bertz CT molecular complexity index is 909. The Hall–Kier alpha value is -2.81. The zero-order valence-corrected chi connectivity index (χ0v) is 15.0. The van der Waals surface area contributed by atoms with E-state index in [1.165, 1.54) is 11.6 Å². The fourth-order valence-corrected chi connectivity index (χ4v) is 3.06. The molecule has 1 aromatic carbocycles. The number of aromatic hydroxyl groups is 1. The van der Waals surface area contributed by atoms with Gasteiger partial charge in [0.1, 0.15) is 0 Å². The molecule has 0 bridgehead atoms. The Morgan fingerprint density at radius 1 is 1.00 bits per heavy atom. The van der Waals surface area contributed by atoms with E-state index in [4.69, 9.17) is 4.74 Å². The Morgan fingerprint density at radius 2 is 1.72 bits per heavy atom. The standard InChI is InChI=1S/C22H22O3/c1-13(2)16-10-9-14(3)21-17(12-16)15(4)11-18(21)22(24)25-20-8-6-5-7-19(20)23/h5-13,23H,1-4H3. The van der Waals surface area contributed by atoms with Crippen LogP contribution in [0.4, 0.5) is 0 Å². The third kappa shape index (κ3) is 3.22. The molecule has 0 spiro atoms. The minimum atomic E-state index is -0.458. The molecule has 0 aromatic heterocycles. The minimum Gasteiger partial charge on any atom is -0.504 e. The Kier molecular flexibility index (Phi) is 4.49. The van der Waals surface area contributed by atoms with Crippen LogP contribution in [0.2, 0.25) is 0 Å². The molecule has 0 heterocycles. The van der Waals surface area contributed by atoms with Crippen LogP contribution in [0.25, 0.3) is 11.1 Å². The number of para-hydroxylation sites is 2. The van der Waals surface area contributed by atoms with Crippen LogP contribution >= 0.6 is 0 Å². The number of rotatable bonds is 3. The summed E-state index contributed by atoms with van der Waals surface area (Å²) in [5.74, 6) is 0.0640. The second kappa shape index (κ2) is 6.60. The average Bonchev–Trinajstić information content (AvgIpc) is 2.78. The number of ether oxygens (including phenoxy) is 1. The molecule has 3 nitrogen and oxygen atoms in total. The third-order valence-corrected chi connectivity index (χ3v) is 4.51. The normalized spacial score (nSPS) is 11.1. The quantitative estimate of drug-likeness (QED) is 0.511. The zero-order chi connectivity index (χ0) is 18.1. The smallest absolute Gasteiger partial charge is 0.344 e. The number of esters is 1. The van der Waals surface area contributed by atoms with Gasteiger partial charge in [-0.1, -0.05) is 44.2 Å². The maximum atomic E-state index is 12.7. The van der Waals surface area contributed by atoms with E-state index < -0.39 is 5.97 Å². The Morgan fingerprint density at radius 3 is 2.40 bits per heavy atom. The summed E-state index contributed by atoms with van der Waals surface area (Å²) in [4.78, 5) is 12.7.